The number of carbonyl (C=O) groups excluding carboxylic acids is 1. The third-order valence-electron chi connectivity index (χ3n) is 3.56. The summed E-state index contributed by atoms with van der Waals surface area (Å²) in [5.74, 6) is 0.456. The molecule has 0 atom stereocenters. The fourth-order valence-electron chi connectivity index (χ4n) is 2.51. The van der Waals surface area contributed by atoms with E-state index in [1.54, 1.807) is 0 Å². The minimum absolute atomic E-state index is 0.0256. The zero-order valence-electron chi connectivity index (χ0n) is 11.1. The fraction of sp³-hybridized carbons (Fsp3) is 0.583. The highest BCUT2D eigenvalue weighted by atomic mass is 16.1. The average Bonchev–Trinajstić information content (AvgIpc) is 3.12. The van der Waals surface area contributed by atoms with E-state index in [0.29, 0.717) is 25.2 Å². The zero-order valence-corrected chi connectivity index (χ0v) is 11.1. The van der Waals surface area contributed by atoms with Crippen LogP contribution in [-0.4, -0.2) is 36.7 Å². The molecule has 3 rings (SSSR count). The SMILES string of the molecule is O=C(CCc1n[nH]c2c1CCCC2)NCc1nn[nH]n1. The first kappa shape index (κ1) is 12.8. The Morgan fingerprint density at radius 2 is 2.15 bits per heavy atom. The third kappa shape index (κ3) is 2.84. The number of hydrogen-bond acceptors (Lipinski definition) is 5. The van der Waals surface area contributed by atoms with Crippen molar-refractivity contribution >= 4 is 5.91 Å². The lowest BCUT2D eigenvalue weighted by Crippen LogP contribution is -2.23. The molecule has 8 nitrogen and oxygen atoms in total. The molecular formula is C12H17N7O. The van der Waals surface area contributed by atoms with Crippen molar-refractivity contribution in [2.45, 2.75) is 45.1 Å². The summed E-state index contributed by atoms with van der Waals surface area (Å²) in [7, 11) is 0. The van der Waals surface area contributed by atoms with Crippen LogP contribution < -0.4 is 5.32 Å². The molecule has 0 unspecified atom stereocenters. The average molecular weight is 275 g/mol. The molecule has 0 saturated heterocycles. The Bertz CT molecular complexity index is 575. The normalized spacial score (nSPS) is 14.0. The highest BCUT2D eigenvalue weighted by Crippen LogP contribution is 2.22. The molecule has 0 aliphatic heterocycles. The van der Waals surface area contributed by atoms with Crippen LogP contribution in [0.3, 0.4) is 0 Å². The maximum atomic E-state index is 11.8. The number of carbonyl (C=O) groups is 1. The summed E-state index contributed by atoms with van der Waals surface area (Å²) in [5.41, 5.74) is 3.61. The number of tetrazole rings is 1. The van der Waals surface area contributed by atoms with Gasteiger partial charge in [0.1, 0.15) is 0 Å². The van der Waals surface area contributed by atoms with Crippen LogP contribution in [0, 0.1) is 0 Å². The first-order chi connectivity index (χ1) is 9.83. The molecule has 2 aromatic rings. The molecule has 8 heteroatoms. The molecule has 106 valence electrons. The van der Waals surface area contributed by atoms with E-state index in [-0.39, 0.29) is 5.91 Å². The van der Waals surface area contributed by atoms with Gasteiger partial charge in [-0.25, -0.2) is 0 Å². The number of amides is 1. The molecule has 2 aromatic heterocycles. The Labute approximate surface area is 115 Å². The van der Waals surface area contributed by atoms with E-state index in [1.165, 1.54) is 24.1 Å². The molecule has 0 spiro atoms. The molecule has 1 aliphatic carbocycles. The summed E-state index contributed by atoms with van der Waals surface area (Å²) in [6, 6.07) is 0. The van der Waals surface area contributed by atoms with E-state index in [2.05, 4.69) is 36.1 Å². The standard InChI is InChI=1S/C12H17N7O/c20-12(13-7-11-16-18-19-17-11)6-5-10-8-3-1-2-4-9(8)14-15-10/h1-7H2,(H,13,20)(H,14,15)(H,16,17,18,19). The Hall–Kier alpha value is -2.25. The van der Waals surface area contributed by atoms with Crippen molar-refractivity contribution < 1.29 is 4.79 Å². The van der Waals surface area contributed by atoms with Crippen LogP contribution in [0.4, 0.5) is 0 Å². The van der Waals surface area contributed by atoms with E-state index in [4.69, 9.17) is 0 Å². The monoisotopic (exact) mass is 275 g/mol. The van der Waals surface area contributed by atoms with Gasteiger partial charge in [0.25, 0.3) is 0 Å². The van der Waals surface area contributed by atoms with E-state index >= 15 is 0 Å². The number of H-pyrrole nitrogens is 2. The van der Waals surface area contributed by atoms with Crippen LogP contribution in [0.5, 0.6) is 0 Å². The van der Waals surface area contributed by atoms with E-state index in [0.717, 1.165) is 18.5 Å². The van der Waals surface area contributed by atoms with Crippen molar-refractivity contribution in [3.05, 3.63) is 22.8 Å². The van der Waals surface area contributed by atoms with Crippen molar-refractivity contribution in [1.82, 2.24) is 36.1 Å². The van der Waals surface area contributed by atoms with Crippen molar-refractivity contribution in [2.24, 2.45) is 0 Å². The number of nitrogens with one attached hydrogen (secondary N) is 3. The second kappa shape index (κ2) is 5.81. The molecule has 1 amide bonds. The Balaban J connectivity index is 1.49. The predicted molar refractivity (Wildman–Crippen MR) is 69.6 cm³/mol. The molecule has 2 heterocycles. The van der Waals surface area contributed by atoms with Gasteiger partial charge in [0, 0.05) is 18.5 Å². The van der Waals surface area contributed by atoms with Crippen molar-refractivity contribution in [3.8, 4) is 0 Å². The number of aromatic nitrogens is 6. The van der Waals surface area contributed by atoms with Gasteiger partial charge in [-0.1, -0.05) is 5.21 Å². The lowest BCUT2D eigenvalue weighted by molar-refractivity contribution is -0.121. The largest absolute Gasteiger partial charge is 0.349 e. The van der Waals surface area contributed by atoms with E-state index in [9.17, 15) is 4.79 Å². The number of nitrogens with zero attached hydrogens (tertiary/aromatic N) is 4. The second-order valence-corrected chi connectivity index (χ2v) is 4.94. The minimum Gasteiger partial charge on any atom is -0.349 e. The quantitative estimate of drug-likeness (QED) is 0.713. The molecule has 0 fully saturated rings. The lowest BCUT2D eigenvalue weighted by atomic mass is 9.95. The smallest absolute Gasteiger partial charge is 0.220 e. The minimum atomic E-state index is -0.0256. The summed E-state index contributed by atoms with van der Waals surface area (Å²) in [6.07, 6.45) is 5.68. The van der Waals surface area contributed by atoms with Gasteiger partial charge in [-0.05, 0) is 31.2 Å². The first-order valence-corrected chi connectivity index (χ1v) is 6.87. The lowest BCUT2D eigenvalue weighted by Gasteiger charge is -2.10. The van der Waals surface area contributed by atoms with Crippen LogP contribution >= 0.6 is 0 Å². The zero-order chi connectivity index (χ0) is 13.8. The third-order valence-corrected chi connectivity index (χ3v) is 3.56. The molecule has 0 radical (unpaired) electrons. The first-order valence-electron chi connectivity index (χ1n) is 6.87. The summed E-state index contributed by atoms with van der Waals surface area (Å²) in [4.78, 5) is 11.8. The highest BCUT2D eigenvalue weighted by Gasteiger charge is 2.17. The number of fused-ring (bicyclic) bond motifs is 1. The predicted octanol–water partition coefficient (Wildman–Crippen LogP) is 0.0506. The highest BCUT2D eigenvalue weighted by molar-refractivity contribution is 5.76. The summed E-state index contributed by atoms with van der Waals surface area (Å²) >= 11 is 0. The molecule has 20 heavy (non-hydrogen) atoms. The topological polar surface area (TPSA) is 112 Å². The Morgan fingerprint density at radius 3 is 3.00 bits per heavy atom. The Kier molecular flexibility index (Phi) is 3.71. The van der Waals surface area contributed by atoms with E-state index in [1.807, 2.05) is 0 Å². The molecule has 0 bridgehead atoms. The van der Waals surface area contributed by atoms with Gasteiger partial charge in [-0.2, -0.15) is 10.3 Å². The number of aromatic amines is 2. The van der Waals surface area contributed by atoms with Gasteiger partial charge in [0.05, 0.1) is 12.2 Å². The van der Waals surface area contributed by atoms with Crippen molar-refractivity contribution in [3.63, 3.8) is 0 Å². The van der Waals surface area contributed by atoms with Gasteiger partial charge in [-0.3, -0.25) is 9.89 Å². The summed E-state index contributed by atoms with van der Waals surface area (Å²) in [5, 5.41) is 23.5. The van der Waals surface area contributed by atoms with Crippen molar-refractivity contribution in [2.75, 3.05) is 0 Å². The van der Waals surface area contributed by atoms with Crippen LogP contribution in [0.25, 0.3) is 0 Å². The van der Waals surface area contributed by atoms with Crippen LogP contribution in [0.2, 0.25) is 0 Å². The molecule has 0 aromatic carbocycles. The Morgan fingerprint density at radius 1 is 1.25 bits per heavy atom. The fourth-order valence-corrected chi connectivity index (χ4v) is 2.51. The maximum absolute atomic E-state index is 11.8. The summed E-state index contributed by atoms with van der Waals surface area (Å²) < 4.78 is 0. The van der Waals surface area contributed by atoms with Crippen LogP contribution in [-0.2, 0) is 30.6 Å². The van der Waals surface area contributed by atoms with Gasteiger partial charge in [-0.15, -0.1) is 10.2 Å². The molecule has 0 saturated carbocycles. The van der Waals surface area contributed by atoms with Gasteiger partial charge >= 0.3 is 0 Å². The summed E-state index contributed by atoms with van der Waals surface area (Å²) in [6.45, 7) is 0.300. The number of aryl methyl sites for hydroxylation is 2. The van der Waals surface area contributed by atoms with E-state index < -0.39 is 0 Å². The van der Waals surface area contributed by atoms with Gasteiger partial charge in [0.2, 0.25) is 5.91 Å². The van der Waals surface area contributed by atoms with Gasteiger partial charge < -0.3 is 5.32 Å². The maximum Gasteiger partial charge on any atom is 0.220 e. The number of hydrogen-bond donors (Lipinski definition) is 3. The van der Waals surface area contributed by atoms with Crippen LogP contribution in [0.1, 0.15) is 42.0 Å². The molecule has 3 N–H and O–H groups in total. The second-order valence-electron chi connectivity index (χ2n) is 4.94. The molecular weight excluding hydrogens is 258 g/mol. The van der Waals surface area contributed by atoms with Crippen molar-refractivity contribution in [1.29, 1.82) is 0 Å². The number of rotatable bonds is 5. The van der Waals surface area contributed by atoms with Gasteiger partial charge in [0.15, 0.2) is 5.82 Å². The van der Waals surface area contributed by atoms with Crippen LogP contribution in [0.15, 0.2) is 0 Å². The molecule has 1 aliphatic rings.